The van der Waals surface area contributed by atoms with Crippen molar-refractivity contribution in [2.45, 2.75) is 20.4 Å². The lowest BCUT2D eigenvalue weighted by Crippen LogP contribution is -2.49. The predicted octanol–water partition coefficient (Wildman–Crippen LogP) is 1.42. The van der Waals surface area contributed by atoms with Gasteiger partial charge in [-0.1, -0.05) is 6.07 Å². The lowest BCUT2D eigenvalue weighted by atomic mass is 10.1. The van der Waals surface area contributed by atoms with E-state index < -0.39 is 0 Å². The summed E-state index contributed by atoms with van der Waals surface area (Å²) in [5, 5.41) is 10.2. The Morgan fingerprint density at radius 3 is 2.59 bits per heavy atom. The molecule has 0 bridgehead atoms. The van der Waals surface area contributed by atoms with Gasteiger partial charge in [0, 0.05) is 49.3 Å². The highest BCUT2D eigenvalue weighted by molar-refractivity contribution is 5.84. The molecule has 1 fully saturated rings. The van der Waals surface area contributed by atoms with Crippen LogP contribution in [0.1, 0.15) is 16.8 Å². The number of amides is 1. The first-order valence-electron chi connectivity index (χ1n) is 7.76. The van der Waals surface area contributed by atoms with Gasteiger partial charge in [0.05, 0.1) is 0 Å². The molecule has 0 radical (unpaired) electrons. The monoisotopic (exact) mass is 301 g/mol. The number of nitrogens with zero attached hydrogens (tertiary/aromatic N) is 2. The Morgan fingerprint density at radius 2 is 1.91 bits per heavy atom. The molecule has 0 spiro atoms. The summed E-state index contributed by atoms with van der Waals surface area (Å²) in [7, 11) is 0. The summed E-state index contributed by atoms with van der Waals surface area (Å²) in [5.74, 6) is -0.170. The van der Waals surface area contributed by atoms with Gasteiger partial charge in [0.25, 0.3) is 0 Å². The largest absolute Gasteiger partial charge is 0.387 e. The topological polar surface area (TPSA) is 59.6 Å². The van der Waals surface area contributed by atoms with Crippen LogP contribution in [0, 0.1) is 13.8 Å². The maximum absolute atomic E-state index is 11.5. The smallest absolute Gasteiger partial charge is 0.248 e. The molecule has 2 N–H and O–H groups in total. The number of nitrogens with one attached hydrogen (secondary N) is 1. The van der Waals surface area contributed by atoms with Gasteiger partial charge < -0.3 is 15.0 Å². The van der Waals surface area contributed by atoms with Crippen molar-refractivity contribution in [3.05, 3.63) is 35.0 Å². The van der Waals surface area contributed by atoms with E-state index >= 15 is 0 Å². The van der Waals surface area contributed by atoms with E-state index in [1.54, 1.807) is 4.90 Å². The van der Waals surface area contributed by atoms with E-state index in [2.05, 4.69) is 41.9 Å². The van der Waals surface area contributed by atoms with Gasteiger partial charge in [-0.15, -0.1) is 0 Å². The number of aliphatic hydroxyl groups excluding tert-OH is 1. The number of benzene rings is 1. The summed E-state index contributed by atoms with van der Waals surface area (Å²) in [4.78, 5) is 19.1. The molecule has 118 valence electrons. The number of aromatic nitrogens is 1. The third-order valence-electron chi connectivity index (χ3n) is 4.40. The van der Waals surface area contributed by atoms with Gasteiger partial charge in [-0.05, 0) is 37.1 Å². The zero-order valence-electron chi connectivity index (χ0n) is 13.2. The highest BCUT2D eigenvalue weighted by atomic mass is 16.3. The summed E-state index contributed by atoms with van der Waals surface area (Å²) < 4.78 is 0. The first-order valence-corrected chi connectivity index (χ1v) is 7.76. The fourth-order valence-electron chi connectivity index (χ4n) is 3.24. The zero-order chi connectivity index (χ0) is 15.7. The van der Waals surface area contributed by atoms with Crippen molar-refractivity contribution in [1.29, 1.82) is 0 Å². The second-order valence-electron chi connectivity index (χ2n) is 6.15. The SMILES string of the molecule is Cc1cc(C)c2cc(CN3CCN(C(=O)CO)CC3)[nH]c2c1. The van der Waals surface area contributed by atoms with Crippen LogP contribution in [0.3, 0.4) is 0 Å². The number of carbonyl (C=O) groups is 1. The number of aryl methyl sites for hydroxylation is 2. The summed E-state index contributed by atoms with van der Waals surface area (Å²) >= 11 is 0. The fraction of sp³-hybridized carbons (Fsp3) is 0.471. The molecule has 22 heavy (non-hydrogen) atoms. The third-order valence-corrected chi connectivity index (χ3v) is 4.40. The number of hydrogen-bond donors (Lipinski definition) is 2. The maximum Gasteiger partial charge on any atom is 0.248 e. The Labute approximate surface area is 130 Å². The molecule has 0 atom stereocenters. The van der Waals surface area contributed by atoms with Crippen molar-refractivity contribution in [3.8, 4) is 0 Å². The number of H-pyrrole nitrogens is 1. The van der Waals surface area contributed by atoms with Crippen LogP contribution in [-0.2, 0) is 11.3 Å². The van der Waals surface area contributed by atoms with Gasteiger partial charge in [0.1, 0.15) is 6.61 Å². The minimum atomic E-state index is -0.388. The molecule has 5 nitrogen and oxygen atoms in total. The average Bonchev–Trinajstić information content (AvgIpc) is 2.90. The highest BCUT2D eigenvalue weighted by Gasteiger charge is 2.20. The Morgan fingerprint density at radius 1 is 1.18 bits per heavy atom. The van der Waals surface area contributed by atoms with Crippen LogP contribution in [-0.4, -0.2) is 58.6 Å². The summed E-state index contributed by atoms with van der Waals surface area (Å²) in [6, 6.07) is 6.62. The third kappa shape index (κ3) is 3.00. The molecular formula is C17H23N3O2. The van der Waals surface area contributed by atoms with Crippen LogP contribution in [0.4, 0.5) is 0 Å². The molecule has 1 aliphatic heterocycles. The van der Waals surface area contributed by atoms with Crippen LogP contribution in [0.2, 0.25) is 0 Å². The lowest BCUT2D eigenvalue weighted by molar-refractivity contribution is -0.136. The van der Waals surface area contributed by atoms with Gasteiger partial charge in [0.2, 0.25) is 5.91 Å². The Hall–Kier alpha value is -1.85. The molecule has 1 aromatic carbocycles. The second kappa shape index (κ2) is 6.10. The molecule has 0 saturated carbocycles. The number of hydrogen-bond acceptors (Lipinski definition) is 3. The van der Waals surface area contributed by atoms with Crippen molar-refractivity contribution in [3.63, 3.8) is 0 Å². The van der Waals surface area contributed by atoms with E-state index in [9.17, 15) is 4.79 Å². The molecular weight excluding hydrogens is 278 g/mol. The van der Waals surface area contributed by atoms with Crippen molar-refractivity contribution in [2.75, 3.05) is 32.8 Å². The lowest BCUT2D eigenvalue weighted by Gasteiger charge is -2.34. The average molecular weight is 301 g/mol. The standard InChI is InChI=1S/C17H23N3O2/c1-12-7-13(2)15-9-14(18-16(15)8-12)10-19-3-5-20(6-4-19)17(22)11-21/h7-9,18,21H,3-6,10-11H2,1-2H3. The molecule has 2 heterocycles. The number of carbonyl (C=O) groups excluding carboxylic acids is 1. The molecule has 0 unspecified atom stereocenters. The molecule has 1 aromatic heterocycles. The molecule has 0 aliphatic carbocycles. The van der Waals surface area contributed by atoms with Gasteiger partial charge in [-0.25, -0.2) is 0 Å². The van der Waals surface area contributed by atoms with Crippen LogP contribution < -0.4 is 0 Å². The zero-order valence-corrected chi connectivity index (χ0v) is 13.2. The van der Waals surface area contributed by atoms with Gasteiger partial charge in [-0.2, -0.15) is 0 Å². The molecule has 5 heteroatoms. The molecule has 1 aliphatic rings. The maximum atomic E-state index is 11.5. The van der Waals surface area contributed by atoms with Gasteiger partial charge >= 0.3 is 0 Å². The van der Waals surface area contributed by atoms with E-state index in [0.717, 1.165) is 19.6 Å². The summed E-state index contributed by atoms with van der Waals surface area (Å²) in [6.45, 7) is 7.82. The Kier molecular flexibility index (Phi) is 4.18. The summed E-state index contributed by atoms with van der Waals surface area (Å²) in [6.07, 6.45) is 0. The van der Waals surface area contributed by atoms with Gasteiger partial charge in [-0.3, -0.25) is 9.69 Å². The van der Waals surface area contributed by atoms with Crippen molar-refractivity contribution in [1.82, 2.24) is 14.8 Å². The molecule has 3 rings (SSSR count). The number of piperazine rings is 1. The first-order chi connectivity index (χ1) is 10.6. The van der Waals surface area contributed by atoms with E-state index in [4.69, 9.17) is 5.11 Å². The van der Waals surface area contributed by atoms with Crippen LogP contribution in [0.5, 0.6) is 0 Å². The Balaban J connectivity index is 1.67. The van der Waals surface area contributed by atoms with E-state index in [1.165, 1.54) is 27.7 Å². The van der Waals surface area contributed by atoms with Crippen LogP contribution in [0.15, 0.2) is 18.2 Å². The van der Waals surface area contributed by atoms with Gasteiger partial charge in [0.15, 0.2) is 0 Å². The normalized spacial score (nSPS) is 16.4. The van der Waals surface area contributed by atoms with E-state index in [0.29, 0.717) is 13.1 Å². The van der Waals surface area contributed by atoms with E-state index in [-0.39, 0.29) is 12.5 Å². The second-order valence-corrected chi connectivity index (χ2v) is 6.15. The number of rotatable bonds is 3. The highest BCUT2D eigenvalue weighted by Crippen LogP contribution is 2.22. The predicted molar refractivity (Wildman–Crippen MR) is 86.7 cm³/mol. The van der Waals surface area contributed by atoms with Crippen molar-refractivity contribution < 1.29 is 9.90 Å². The molecule has 1 amide bonds. The van der Waals surface area contributed by atoms with Crippen molar-refractivity contribution in [2.24, 2.45) is 0 Å². The molecule has 1 saturated heterocycles. The first kappa shape index (κ1) is 15.1. The molecule has 2 aromatic rings. The number of aliphatic hydroxyl groups is 1. The van der Waals surface area contributed by atoms with Crippen LogP contribution >= 0.6 is 0 Å². The van der Waals surface area contributed by atoms with Crippen molar-refractivity contribution >= 4 is 16.8 Å². The fourth-order valence-corrected chi connectivity index (χ4v) is 3.24. The quantitative estimate of drug-likeness (QED) is 0.901. The van der Waals surface area contributed by atoms with Crippen LogP contribution in [0.25, 0.3) is 10.9 Å². The number of aromatic amines is 1. The number of fused-ring (bicyclic) bond motifs is 1. The summed E-state index contributed by atoms with van der Waals surface area (Å²) in [5.41, 5.74) is 4.98. The Bertz CT molecular complexity index is 685. The minimum absolute atomic E-state index is 0.170. The van der Waals surface area contributed by atoms with E-state index in [1.807, 2.05) is 0 Å². The minimum Gasteiger partial charge on any atom is -0.387 e.